The van der Waals surface area contributed by atoms with Gasteiger partial charge in [-0.2, -0.15) is 0 Å². The van der Waals surface area contributed by atoms with Crippen molar-refractivity contribution in [1.82, 2.24) is 14.7 Å². The number of piperidine rings is 1. The van der Waals surface area contributed by atoms with Gasteiger partial charge in [-0.05, 0) is 32.7 Å². The molecule has 0 radical (unpaired) electrons. The fraction of sp³-hybridized carbons (Fsp3) is 0.929. The normalized spacial score (nSPS) is 26.3. The van der Waals surface area contributed by atoms with E-state index >= 15 is 0 Å². The Hall–Kier alpha value is -0.610. The van der Waals surface area contributed by atoms with Gasteiger partial charge >= 0.3 is 0 Å². The summed E-state index contributed by atoms with van der Waals surface area (Å²) in [6.45, 7) is 10.5. The lowest BCUT2D eigenvalue weighted by Crippen LogP contribution is -2.54. The van der Waals surface area contributed by atoms with E-state index in [0.29, 0.717) is 5.91 Å². The minimum atomic E-state index is 0.0621. The average Bonchev–Trinajstić information content (AvgIpc) is 2.39. The van der Waals surface area contributed by atoms with E-state index in [-0.39, 0.29) is 6.04 Å². The summed E-state index contributed by atoms with van der Waals surface area (Å²) in [6.07, 6.45) is 2.34. The molecule has 1 unspecified atom stereocenters. The number of carbonyl (C=O) groups is 1. The molecule has 0 saturated carbocycles. The van der Waals surface area contributed by atoms with Crippen LogP contribution >= 0.6 is 0 Å². The van der Waals surface area contributed by atoms with Gasteiger partial charge < -0.3 is 9.80 Å². The van der Waals surface area contributed by atoms with Crippen LogP contribution in [-0.4, -0.2) is 73.0 Å². The van der Waals surface area contributed by atoms with Crippen LogP contribution in [0.4, 0.5) is 0 Å². The van der Waals surface area contributed by atoms with Crippen molar-refractivity contribution in [3.05, 3.63) is 0 Å². The zero-order chi connectivity index (χ0) is 13.1. The van der Waals surface area contributed by atoms with Gasteiger partial charge in [0.1, 0.15) is 0 Å². The first kappa shape index (κ1) is 13.8. The first-order valence-electron chi connectivity index (χ1n) is 7.29. The van der Waals surface area contributed by atoms with Gasteiger partial charge in [-0.3, -0.25) is 9.69 Å². The van der Waals surface area contributed by atoms with Gasteiger partial charge in [0.05, 0.1) is 6.04 Å². The summed E-state index contributed by atoms with van der Waals surface area (Å²) in [6, 6.07) is 0.0621. The number of rotatable bonds is 2. The summed E-state index contributed by atoms with van der Waals surface area (Å²) in [5.41, 5.74) is 0. The smallest absolute Gasteiger partial charge is 0.239 e. The van der Waals surface area contributed by atoms with Gasteiger partial charge in [-0.1, -0.05) is 6.92 Å². The number of amides is 1. The Kier molecular flexibility index (Phi) is 4.62. The molecule has 4 heteroatoms. The SMILES string of the molecule is CC1CCN(C(=O)C(C)N2CCN(C)CC2)CC1. The van der Waals surface area contributed by atoms with Gasteiger partial charge in [0, 0.05) is 39.3 Å². The molecule has 0 aromatic rings. The molecular formula is C14H27N3O. The van der Waals surface area contributed by atoms with Crippen LogP contribution in [0, 0.1) is 5.92 Å². The Labute approximate surface area is 111 Å². The van der Waals surface area contributed by atoms with E-state index in [2.05, 4.69) is 35.6 Å². The number of nitrogens with zero attached hydrogens (tertiary/aromatic N) is 3. The van der Waals surface area contributed by atoms with Gasteiger partial charge in [0.15, 0.2) is 0 Å². The summed E-state index contributed by atoms with van der Waals surface area (Å²) in [7, 11) is 2.15. The number of piperazine rings is 1. The van der Waals surface area contributed by atoms with Crippen LogP contribution in [0.25, 0.3) is 0 Å². The molecule has 0 aromatic heterocycles. The fourth-order valence-corrected chi connectivity index (χ4v) is 2.86. The molecule has 2 fully saturated rings. The molecule has 4 nitrogen and oxygen atoms in total. The monoisotopic (exact) mass is 253 g/mol. The van der Waals surface area contributed by atoms with Crippen LogP contribution in [0.3, 0.4) is 0 Å². The quantitative estimate of drug-likeness (QED) is 0.731. The average molecular weight is 253 g/mol. The Morgan fingerprint density at radius 3 is 2.17 bits per heavy atom. The molecule has 2 heterocycles. The lowest BCUT2D eigenvalue weighted by Gasteiger charge is -2.39. The topological polar surface area (TPSA) is 26.8 Å². The summed E-state index contributed by atoms with van der Waals surface area (Å²) < 4.78 is 0. The van der Waals surface area contributed by atoms with Crippen LogP contribution in [0.5, 0.6) is 0 Å². The number of hydrogen-bond donors (Lipinski definition) is 0. The van der Waals surface area contributed by atoms with Crippen molar-refractivity contribution in [2.24, 2.45) is 5.92 Å². The molecule has 0 bridgehead atoms. The molecule has 104 valence electrons. The first-order chi connectivity index (χ1) is 8.58. The van der Waals surface area contributed by atoms with Crippen molar-refractivity contribution >= 4 is 5.91 Å². The molecule has 18 heavy (non-hydrogen) atoms. The highest BCUT2D eigenvalue weighted by molar-refractivity contribution is 5.81. The zero-order valence-electron chi connectivity index (χ0n) is 12.1. The number of hydrogen-bond acceptors (Lipinski definition) is 3. The van der Waals surface area contributed by atoms with E-state index < -0.39 is 0 Å². The van der Waals surface area contributed by atoms with Crippen LogP contribution < -0.4 is 0 Å². The van der Waals surface area contributed by atoms with Crippen LogP contribution in [0.1, 0.15) is 26.7 Å². The maximum atomic E-state index is 12.5. The van der Waals surface area contributed by atoms with Gasteiger partial charge in [-0.25, -0.2) is 0 Å². The first-order valence-corrected chi connectivity index (χ1v) is 7.29. The molecule has 0 aromatic carbocycles. The van der Waals surface area contributed by atoms with Crippen molar-refractivity contribution in [3.63, 3.8) is 0 Å². The van der Waals surface area contributed by atoms with Crippen molar-refractivity contribution < 1.29 is 4.79 Å². The molecule has 0 N–H and O–H groups in total. The molecule has 2 saturated heterocycles. The number of carbonyl (C=O) groups excluding carboxylic acids is 1. The minimum Gasteiger partial charge on any atom is -0.341 e. The predicted molar refractivity (Wildman–Crippen MR) is 73.5 cm³/mol. The van der Waals surface area contributed by atoms with E-state index in [1.807, 2.05) is 0 Å². The van der Waals surface area contributed by atoms with Gasteiger partial charge in [0.2, 0.25) is 5.91 Å². The second kappa shape index (κ2) is 6.02. The lowest BCUT2D eigenvalue weighted by atomic mass is 9.98. The Morgan fingerprint density at radius 2 is 1.61 bits per heavy atom. The highest BCUT2D eigenvalue weighted by atomic mass is 16.2. The van der Waals surface area contributed by atoms with Crippen molar-refractivity contribution in [3.8, 4) is 0 Å². The van der Waals surface area contributed by atoms with Gasteiger partial charge in [-0.15, -0.1) is 0 Å². The molecule has 2 rings (SSSR count). The number of likely N-dealkylation sites (N-methyl/N-ethyl adjacent to an activating group) is 1. The van der Waals surface area contributed by atoms with Crippen LogP contribution in [0.2, 0.25) is 0 Å². The maximum absolute atomic E-state index is 12.5. The van der Waals surface area contributed by atoms with Crippen LogP contribution in [0.15, 0.2) is 0 Å². The summed E-state index contributed by atoms with van der Waals surface area (Å²) in [4.78, 5) is 19.2. The van der Waals surface area contributed by atoms with E-state index in [1.54, 1.807) is 0 Å². The predicted octanol–water partition coefficient (Wildman–Crippen LogP) is 0.881. The van der Waals surface area contributed by atoms with Crippen molar-refractivity contribution in [2.45, 2.75) is 32.7 Å². The maximum Gasteiger partial charge on any atom is 0.239 e. The van der Waals surface area contributed by atoms with E-state index in [1.165, 1.54) is 12.8 Å². The molecule has 1 amide bonds. The molecule has 2 aliphatic heterocycles. The third kappa shape index (κ3) is 3.23. The second-order valence-corrected chi connectivity index (χ2v) is 6.02. The Balaban J connectivity index is 1.84. The third-order valence-electron chi connectivity index (χ3n) is 4.54. The molecule has 1 atom stereocenters. The van der Waals surface area contributed by atoms with Crippen LogP contribution in [-0.2, 0) is 4.79 Å². The second-order valence-electron chi connectivity index (χ2n) is 6.02. The van der Waals surface area contributed by atoms with Crippen molar-refractivity contribution in [2.75, 3.05) is 46.3 Å². The molecular weight excluding hydrogens is 226 g/mol. The van der Waals surface area contributed by atoms with Gasteiger partial charge in [0.25, 0.3) is 0 Å². The summed E-state index contributed by atoms with van der Waals surface area (Å²) >= 11 is 0. The highest BCUT2D eigenvalue weighted by Crippen LogP contribution is 2.18. The third-order valence-corrected chi connectivity index (χ3v) is 4.54. The standard InChI is InChI=1S/C14H27N3O/c1-12-4-6-17(7-5-12)14(18)13(2)16-10-8-15(3)9-11-16/h12-13H,4-11H2,1-3H3. The zero-order valence-corrected chi connectivity index (χ0v) is 12.1. The summed E-state index contributed by atoms with van der Waals surface area (Å²) in [5.74, 6) is 1.12. The molecule has 2 aliphatic rings. The Morgan fingerprint density at radius 1 is 1.06 bits per heavy atom. The highest BCUT2D eigenvalue weighted by Gasteiger charge is 2.29. The molecule has 0 spiro atoms. The molecule has 0 aliphatic carbocycles. The minimum absolute atomic E-state index is 0.0621. The largest absolute Gasteiger partial charge is 0.341 e. The fourth-order valence-electron chi connectivity index (χ4n) is 2.86. The number of likely N-dealkylation sites (tertiary alicyclic amines) is 1. The summed E-state index contributed by atoms with van der Waals surface area (Å²) in [5, 5.41) is 0. The Bertz CT molecular complexity index is 279. The van der Waals surface area contributed by atoms with E-state index in [0.717, 1.165) is 45.2 Å². The van der Waals surface area contributed by atoms with E-state index in [4.69, 9.17) is 0 Å². The van der Waals surface area contributed by atoms with E-state index in [9.17, 15) is 4.79 Å². The lowest BCUT2D eigenvalue weighted by molar-refractivity contribution is -0.138. The van der Waals surface area contributed by atoms with Crippen molar-refractivity contribution in [1.29, 1.82) is 0 Å².